The average molecular weight is 340 g/mol. The summed E-state index contributed by atoms with van der Waals surface area (Å²) in [4.78, 5) is 22.0. The maximum Gasteiger partial charge on any atom is 0.307 e. The summed E-state index contributed by atoms with van der Waals surface area (Å²) in [5.41, 5.74) is 2.13. The van der Waals surface area contributed by atoms with Gasteiger partial charge in [-0.2, -0.15) is 10.2 Å². The van der Waals surface area contributed by atoms with Crippen LogP contribution in [0.3, 0.4) is 0 Å². The van der Waals surface area contributed by atoms with E-state index in [-0.39, 0.29) is 18.1 Å². The molecule has 2 heterocycles. The van der Waals surface area contributed by atoms with Gasteiger partial charge in [0.2, 0.25) is 5.91 Å². The zero-order chi connectivity index (χ0) is 17.8. The van der Waals surface area contributed by atoms with E-state index in [9.17, 15) is 14.9 Å². The lowest BCUT2D eigenvalue weighted by Crippen LogP contribution is -2.19. The van der Waals surface area contributed by atoms with Crippen LogP contribution in [0.5, 0.6) is 0 Å². The molecule has 0 aliphatic carbocycles. The van der Waals surface area contributed by atoms with Gasteiger partial charge in [0.05, 0.1) is 11.5 Å². The van der Waals surface area contributed by atoms with Crippen molar-refractivity contribution >= 4 is 17.4 Å². The molecule has 0 spiro atoms. The zero-order valence-corrected chi connectivity index (χ0v) is 13.5. The number of rotatable bonds is 6. The number of amides is 1. The predicted octanol–water partition coefficient (Wildman–Crippen LogP) is 1.98. The molecule has 9 nitrogen and oxygen atoms in total. The highest BCUT2D eigenvalue weighted by atomic mass is 16.6. The first-order valence-electron chi connectivity index (χ1n) is 7.55. The smallest absolute Gasteiger partial charge is 0.307 e. The van der Waals surface area contributed by atoms with Crippen LogP contribution < -0.4 is 5.32 Å². The van der Waals surface area contributed by atoms with Crippen molar-refractivity contribution in [2.24, 2.45) is 0 Å². The number of carbonyl (C=O) groups is 1. The zero-order valence-electron chi connectivity index (χ0n) is 13.5. The Morgan fingerprint density at radius 3 is 2.88 bits per heavy atom. The lowest BCUT2D eigenvalue weighted by Gasteiger charge is -2.04. The molecule has 1 amide bonds. The Morgan fingerprint density at radius 1 is 1.32 bits per heavy atom. The van der Waals surface area contributed by atoms with E-state index in [0.29, 0.717) is 12.4 Å². The number of benzene rings is 1. The molecule has 2 aromatic heterocycles. The number of nitro groups is 1. The second-order valence-corrected chi connectivity index (χ2v) is 5.59. The molecule has 0 unspecified atom stereocenters. The molecule has 0 atom stereocenters. The van der Waals surface area contributed by atoms with E-state index in [1.54, 1.807) is 16.9 Å². The van der Waals surface area contributed by atoms with Crippen LogP contribution in [0.15, 0.2) is 48.9 Å². The molecule has 0 aliphatic rings. The molecule has 3 aromatic rings. The fourth-order valence-corrected chi connectivity index (χ4v) is 2.38. The highest BCUT2D eigenvalue weighted by Crippen LogP contribution is 2.10. The normalized spacial score (nSPS) is 10.6. The van der Waals surface area contributed by atoms with Gasteiger partial charge in [-0.1, -0.05) is 29.8 Å². The lowest BCUT2D eigenvalue weighted by molar-refractivity contribution is -0.385. The summed E-state index contributed by atoms with van der Waals surface area (Å²) < 4.78 is 2.93. The van der Waals surface area contributed by atoms with E-state index in [4.69, 9.17) is 0 Å². The summed E-state index contributed by atoms with van der Waals surface area (Å²) >= 11 is 0. The molecular weight excluding hydrogens is 324 g/mol. The molecule has 9 heteroatoms. The Kier molecular flexibility index (Phi) is 4.55. The quantitative estimate of drug-likeness (QED) is 0.545. The third-order valence-electron chi connectivity index (χ3n) is 3.47. The molecule has 1 N–H and O–H groups in total. The van der Waals surface area contributed by atoms with E-state index >= 15 is 0 Å². The van der Waals surface area contributed by atoms with E-state index in [2.05, 4.69) is 21.6 Å². The van der Waals surface area contributed by atoms with Crippen molar-refractivity contribution in [1.29, 1.82) is 0 Å². The van der Waals surface area contributed by atoms with Crippen LogP contribution >= 0.6 is 0 Å². The minimum atomic E-state index is -0.561. The number of carbonyl (C=O) groups excluding carboxylic acids is 1. The number of nitrogens with zero attached hydrogens (tertiary/aromatic N) is 5. The third kappa shape index (κ3) is 4.28. The topological polar surface area (TPSA) is 108 Å². The van der Waals surface area contributed by atoms with E-state index in [0.717, 1.165) is 11.8 Å². The molecule has 3 rings (SSSR count). The number of aryl methyl sites for hydroxylation is 1. The second-order valence-electron chi connectivity index (χ2n) is 5.59. The maximum atomic E-state index is 12.0. The van der Waals surface area contributed by atoms with Gasteiger partial charge in [0.1, 0.15) is 18.9 Å². The SMILES string of the molecule is Cc1cccc(Cn2ccc(NC(=O)Cn3cc([N+](=O)[O-])cn3)n2)c1. The van der Waals surface area contributed by atoms with E-state index in [1.165, 1.54) is 16.4 Å². The third-order valence-corrected chi connectivity index (χ3v) is 3.47. The van der Waals surface area contributed by atoms with Gasteiger partial charge in [0.15, 0.2) is 5.82 Å². The van der Waals surface area contributed by atoms with Gasteiger partial charge in [-0.15, -0.1) is 0 Å². The van der Waals surface area contributed by atoms with E-state index in [1.807, 2.05) is 25.1 Å². The van der Waals surface area contributed by atoms with Gasteiger partial charge in [-0.25, -0.2) is 0 Å². The molecule has 128 valence electrons. The molecule has 0 radical (unpaired) electrons. The minimum Gasteiger partial charge on any atom is -0.308 e. The Balaban J connectivity index is 1.58. The molecule has 1 aromatic carbocycles. The van der Waals surface area contributed by atoms with Crippen molar-refractivity contribution in [1.82, 2.24) is 19.6 Å². The summed E-state index contributed by atoms with van der Waals surface area (Å²) in [7, 11) is 0. The Hall–Kier alpha value is -3.49. The number of hydrogen-bond donors (Lipinski definition) is 1. The first-order chi connectivity index (χ1) is 12.0. The molecule has 0 bridgehead atoms. The van der Waals surface area contributed by atoms with Crippen molar-refractivity contribution in [2.75, 3.05) is 5.32 Å². The Morgan fingerprint density at radius 2 is 2.16 bits per heavy atom. The van der Waals surface area contributed by atoms with Crippen LogP contribution in [-0.4, -0.2) is 30.4 Å². The van der Waals surface area contributed by atoms with Crippen LogP contribution in [0, 0.1) is 17.0 Å². The highest BCUT2D eigenvalue weighted by molar-refractivity contribution is 5.89. The number of aromatic nitrogens is 4. The molecule has 0 saturated carbocycles. The Labute approximate surface area is 143 Å². The summed E-state index contributed by atoms with van der Waals surface area (Å²) in [6.07, 6.45) is 4.08. The molecule has 0 aliphatic heterocycles. The number of anilines is 1. The largest absolute Gasteiger partial charge is 0.308 e. The van der Waals surface area contributed by atoms with Gasteiger partial charge < -0.3 is 5.32 Å². The van der Waals surface area contributed by atoms with E-state index < -0.39 is 4.92 Å². The molecular formula is C16H16N6O3. The summed E-state index contributed by atoms with van der Waals surface area (Å²) in [5, 5.41) is 21.3. The van der Waals surface area contributed by atoms with Gasteiger partial charge in [0, 0.05) is 12.3 Å². The highest BCUT2D eigenvalue weighted by Gasteiger charge is 2.12. The van der Waals surface area contributed by atoms with Crippen LogP contribution in [-0.2, 0) is 17.9 Å². The van der Waals surface area contributed by atoms with Crippen molar-refractivity contribution in [2.45, 2.75) is 20.0 Å². The van der Waals surface area contributed by atoms with Crippen LogP contribution in [0.25, 0.3) is 0 Å². The minimum absolute atomic E-state index is 0.126. The van der Waals surface area contributed by atoms with Crippen LogP contribution in [0.1, 0.15) is 11.1 Å². The summed E-state index contributed by atoms with van der Waals surface area (Å²) in [5.74, 6) is 0.0538. The maximum absolute atomic E-state index is 12.0. The predicted molar refractivity (Wildman–Crippen MR) is 90.0 cm³/mol. The number of nitrogens with one attached hydrogen (secondary N) is 1. The second kappa shape index (κ2) is 6.95. The van der Waals surface area contributed by atoms with Crippen LogP contribution in [0.2, 0.25) is 0 Å². The standard InChI is InChI=1S/C16H16N6O3/c1-12-3-2-4-13(7-12)9-20-6-5-15(19-20)18-16(23)11-21-10-14(8-17-21)22(24)25/h2-8,10H,9,11H2,1H3,(H,18,19,23). The van der Waals surface area contributed by atoms with Crippen molar-refractivity contribution in [3.05, 3.63) is 70.2 Å². The van der Waals surface area contributed by atoms with Gasteiger partial charge in [0.25, 0.3) is 0 Å². The fourth-order valence-electron chi connectivity index (χ4n) is 2.38. The van der Waals surface area contributed by atoms with Crippen molar-refractivity contribution in [3.8, 4) is 0 Å². The lowest BCUT2D eigenvalue weighted by atomic mass is 10.1. The van der Waals surface area contributed by atoms with Crippen molar-refractivity contribution < 1.29 is 9.72 Å². The van der Waals surface area contributed by atoms with Gasteiger partial charge >= 0.3 is 5.69 Å². The fraction of sp³-hybridized carbons (Fsp3) is 0.188. The van der Waals surface area contributed by atoms with Gasteiger partial charge in [-0.05, 0) is 12.5 Å². The molecule has 0 fully saturated rings. The van der Waals surface area contributed by atoms with Crippen LogP contribution in [0.4, 0.5) is 11.5 Å². The Bertz CT molecular complexity index is 914. The monoisotopic (exact) mass is 340 g/mol. The first-order valence-corrected chi connectivity index (χ1v) is 7.55. The number of hydrogen-bond acceptors (Lipinski definition) is 5. The summed E-state index contributed by atoms with van der Waals surface area (Å²) in [6, 6.07) is 9.79. The van der Waals surface area contributed by atoms with Crippen molar-refractivity contribution in [3.63, 3.8) is 0 Å². The molecule has 0 saturated heterocycles. The first kappa shape index (κ1) is 16.4. The molecule has 25 heavy (non-hydrogen) atoms. The van der Waals surface area contributed by atoms with Gasteiger partial charge in [-0.3, -0.25) is 24.3 Å². The average Bonchev–Trinajstić information content (AvgIpc) is 3.17. The summed E-state index contributed by atoms with van der Waals surface area (Å²) in [6.45, 7) is 2.50.